The van der Waals surface area contributed by atoms with E-state index in [0.29, 0.717) is 29.4 Å². The number of fused-ring (bicyclic) bond motifs is 1. The lowest BCUT2D eigenvalue weighted by atomic mass is 10.1. The Kier molecular flexibility index (Phi) is 5.68. The lowest BCUT2D eigenvalue weighted by molar-refractivity contribution is 0.0616. The van der Waals surface area contributed by atoms with Gasteiger partial charge in [0.15, 0.2) is 0 Å². The minimum Gasteiger partial charge on any atom is -0.374 e. The molecule has 28 heavy (non-hydrogen) atoms. The first-order chi connectivity index (χ1) is 13.3. The molecule has 0 unspecified atom stereocenters. The normalized spacial score (nSPS) is 11.4. The Morgan fingerprint density at radius 2 is 2.14 bits per heavy atom. The number of nitrogens with zero attached hydrogens (tertiary/aromatic N) is 3. The number of hydrogen-bond acceptors (Lipinski definition) is 4. The average Bonchev–Trinajstić information content (AvgIpc) is 2.95. The summed E-state index contributed by atoms with van der Waals surface area (Å²) in [5.41, 5.74) is 1.96. The molecule has 6 nitrogen and oxygen atoms in total. The van der Waals surface area contributed by atoms with Gasteiger partial charge in [-0.05, 0) is 31.5 Å². The Bertz CT molecular complexity index is 1070. The molecule has 1 aromatic carbocycles. The van der Waals surface area contributed by atoms with Gasteiger partial charge < -0.3 is 14.6 Å². The molecule has 2 heterocycles. The summed E-state index contributed by atoms with van der Waals surface area (Å²) in [7, 11) is 1.85. The van der Waals surface area contributed by atoms with Crippen LogP contribution in [-0.4, -0.2) is 27.6 Å². The molecule has 0 aliphatic carbocycles. The first-order valence-corrected chi connectivity index (χ1v) is 9.17. The Balaban J connectivity index is 1.64. The van der Waals surface area contributed by atoms with Gasteiger partial charge in [-0.25, -0.2) is 4.98 Å². The van der Waals surface area contributed by atoms with E-state index in [9.17, 15) is 4.79 Å². The van der Waals surface area contributed by atoms with Crippen molar-refractivity contribution in [1.82, 2.24) is 14.9 Å². The number of nitriles is 1. The van der Waals surface area contributed by atoms with Gasteiger partial charge in [0.1, 0.15) is 5.65 Å². The van der Waals surface area contributed by atoms with Crippen LogP contribution in [-0.2, 0) is 18.4 Å². The molecule has 0 atom stereocenters. The molecule has 0 aliphatic heterocycles. The largest absolute Gasteiger partial charge is 0.374 e. The van der Waals surface area contributed by atoms with E-state index >= 15 is 0 Å². The molecule has 0 bridgehead atoms. The quantitative estimate of drug-likeness (QED) is 0.686. The number of aromatic nitrogens is 2. The average molecular weight is 397 g/mol. The van der Waals surface area contributed by atoms with Crippen molar-refractivity contribution in [2.24, 2.45) is 7.05 Å². The maximum Gasteiger partial charge on any atom is 0.253 e. The Labute approximate surface area is 168 Å². The van der Waals surface area contributed by atoms with Crippen molar-refractivity contribution in [3.63, 3.8) is 0 Å². The van der Waals surface area contributed by atoms with Gasteiger partial charge in [0.25, 0.3) is 5.91 Å². The summed E-state index contributed by atoms with van der Waals surface area (Å²) >= 11 is 6.20. The summed E-state index contributed by atoms with van der Waals surface area (Å²) in [4.78, 5) is 17.0. The smallest absolute Gasteiger partial charge is 0.253 e. The molecule has 2 aromatic heterocycles. The van der Waals surface area contributed by atoms with Crippen LogP contribution in [0, 0.1) is 11.3 Å². The fraction of sp³-hybridized carbons (Fsp3) is 0.286. The van der Waals surface area contributed by atoms with E-state index in [1.165, 1.54) is 6.20 Å². The zero-order chi connectivity index (χ0) is 20.3. The predicted molar refractivity (Wildman–Crippen MR) is 108 cm³/mol. The number of aryl methyl sites for hydroxylation is 1. The topological polar surface area (TPSA) is 79.9 Å². The number of carbonyl (C=O) groups excluding carboxylic acids is 1. The summed E-state index contributed by atoms with van der Waals surface area (Å²) in [5.74, 6) is -0.250. The Morgan fingerprint density at radius 3 is 2.89 bits per heavy atom. The van der Waals surface area contributed by atoms with Gasteiger partial charge in [0.2, 0.25) is 0 Å². The van der Waals surface area contributed by atoms with Crippen LogP contribution in [0.5, 0.6) is 0 Å². The molecule has 0 fully saturated rings. The van der Waals surface area contributed by atoms with Crippen molar-refractivity contribution in [1.29, 1.82) is 5.26 Å². The van der Waals surface area contributed by atoms with E-state index in [2.05, 4.69) is 16.4 Å². The maximum atomic E-state index is 12.7. The molecule has 144 valence electrons. The summed E-state index contributed by atoms with van der Waals surface area (Å²) in [6.07, 6.45) is 3.30. The van der Waals surface area contributed by atoms with E-state index in [1.807, 2.05) is 43.7 Å². The maximum absolute atomic E-state index is 12.7. The third-order valence-electron chi connectivity index (χ3n) is 4.34. The highest BCUT2D eigenvalue weighted by atomic mass is 35.5. The predicted octanol–water partition coefficient (Wildman–Crippen LogP) is 3.82. The fourth-order valence-corrected chi connectivity index (χ4v) is 3.21. The van der Waals surface area contributed by atoms with Gasteiger partial charge in [-0.3, -0.25) is 4.79 Å². The number of amides is 1. The highest BCUT2D eigenvalue weighted by Crippen LogP contribution is 2.24. The number of hydrogen-bond donors (Lipinski definition) is 1. The number of pyridine rings is 1. The van der Waals surface area contributed by atoms with E-state index in [4.69, 9.17) is 21.6 Å². The monoisotopic (exact) mass is 396 g/mol. The first kappa shape index (κ1) is 19.9. The molecule has 3 rings (SSSR count). The second-order valence-corrected chi connectivity index (χ2v) is 7.69. The third kappa shape index (κ3) is 4.33. The molecule has 0 radical (unpaired) electrons. The van der Waals surface area contributed by atoms with E-state index in [1.54, 1.807) is 18.3 Å². The van der Waals surface area contributed by atoms with Gasteiger partial charge in [-0.2, -0.15) is 5.26 Å². The van der Waals surface area contributed by atoms with Crippen molar-refractivity contribution in [3.05, 3.63) is 64.4 Å². The molecule has 1 N–H and O–H groups in total. The Hall–Kier alpha value is -2.88. The lowest BCUT2D eigenvalue weighted by Gasteiger charge is -2.26. The van der Waals surface area contributed by atoms with Crippen molar-refractivity contribution in [3.8, 4) is 6.07 Å². The number of ether oxygens (including phenoxy) is 1. The Morgan fingerprint density at radius 1 is 1.39 bits per heavy atom. The zero-order valence-corrected chi connectivity index (χ0v) is 16.7. The number of rotatable bonds is 6. The van der Waals surface area contributed by atoms with Crippen LogP contribution in [0.25, 0.3) is 11.0 Å². The second kappa shape index (κ2) is 8.01. The highest BCUT2D eigenvalue weighted by Gasteiger charge is 2.22. The third-order valence-corrected chi connectivity index (χ3v) is 4.64. The molecule has 0 saturated carbocycles. The molecule has 3 aromatic rings. The summed E-state index contributed by atoms with van der Waals surface area (Å²) in [5, 5.41) is 13.4. The van der Waals surface area contributed by atoms with Crippen molar-refractivity contribution >= 4 is 28.5 Å². The molecule has 0 saturated heterocycles. The number of halogens is 1. The van der Waals surface area contributed by atoms with Crippen LogP contribution in [0.1, 0.15) is 35.3 Å². The second-order valence-electron chi connectivity index (χ2n) is 7.28. The number of nitrogens with one attached hydrogen (secondary N) is 1. The minimum atomic E-state index is -0.603. The van der Waals surface area contributed by atoms with Crippen LogP contribution < -0.4 is 5.32 Å². The van der Waals surface area contributed by atoms with E-state index in [-0.39, 0.29) is 5.91 Å². The molecular formula is C21H21ClN4O2. The summed E-state index contributed by atoms with van der Waals surface area (Å²) in [6.45, 7) is 4.35. The molecule has 7 heteroatoms. The summed E-state index contributed by atoms with van der Waals surface area (Å²) in [6, 6.07) is 11.2. The van der Waals surface area contributed by atoms with E-state index < -0.39 is 5.54 Å². The van der Waals surface area contributed by atoms with Crippen LogP contribution in [0.3, 0.4) is 0 Å². The molecule has 1 amide bonds. The van der Waals surface area contributed by atoms with Crippen LogP contribution in [0.4, 0.5) is 0 Å². The molecular weight excluding hydrogens is 376 g/mol. The first-order valence-electron chi connectivity index (χ1n) is 8.79. The van der Waals surface area contributed by atoms with Crippen LogP contribution in [0.15, 0.2) is 42.7 Å². The van der Waals surface area contributed by atoms with Gasteiger partial charge >= 0.3 is 0 Å². The van der Waals surface area contributed by atoms with Crippen molar-refractivity contribution in [2.75, 3.05) is 6.61 Å². The van der Waals surface area contributed by atoms with Crippen molar-refractivity contribution in [2.45, 2.75) is 26.0 Å². The van der Waals surface area contributed by atoms with E-state index in [0.717, 1.165) is 16.6 Å². The SMILES string of the molecule is Cn1cc(Cl)c2cc(C(=O)NC(C)(C)COCc3ccccc3C#N)cnc21. The van der Waals surface area contributed by atoms with Crippen LogP contribution in [0.2, 0.25) is 5.02 Å². The number of carbonyl (C=O) groups is 1. The highest BCUT2D eigenvalue weighted by molar-refractivity contribution is 6.35. The van der Waals surface area contributed by atoms with Gasteiger partial charge in [-0.15, -0.1) is 0 Å². The number of benzene rings is 1. The van der Waals surface area contributed by atoms with Gasteiger partial charge in [0.05, 0.1) is 41.0 Å². The lowest BCUT2D eigenvalue weighted by Crippen LogP contribution is -2.47. The van der Waals surface area contributed by atoms with Crippen LogP contribution >= 0.6 is 11.6 Å². The standard InChI is InChI=1S/C21H21ClN4O2/c1-21(2,13-28-12-15-7-5-4-6-14(15)9-23)25-20(27)16-8-17-18(22)11-26(3)19(17)24-10-16/h4-8,10-11H,12-13H2,1-3H3,(H,25,27). The molecule has 0 spiro atoms. The fourth-order valence-electron chi connectivity index (χ4n) is 2.93. The van der Waals surface area contributed by atoms with Gasteiger partial charge in [-0.1, -0.05) is 29.8 Å². The molecule has 0 aliphatic rings. The summed E-state index contributed by atoms with van der Waals surface area (Å²) < 4.78 is 7.57. The minimum absolute atomic E-state index is 0.250. The zero-order valence-electron chi connectivity index (χ0n) is 16.0. The van der Waals surface area contributed by atoms with Gasteiger partial charge in [0, 0.05) is 24.8 Å². The van der Waals surface area contributed by atoms with Crippen molar-refractivity contribution < 1.29 is 9.53 Å².